The molecule has 0 unspecified atom stereocenters. The Morgan fingerprint density at radius 1 is 0.404 bits per heavy atom. The first kappa shape index (κ1) is 30.2. The maximum atomic E-state index is 5.01. The standard InChI is InChI=1S/C47H32N4Si/c1-5-16-33(17-6-1)45-48-46(34-18-7-2-8-19-34)50-47(49-45)35-20-15-21-36(32-35)51-31-30-41-42(51)29-28-40-39-26-13-14-27-43(39)52(44(40)41,37-22-9-3-10-23-37)38-24-11-4-12-25-38/h1-32H/q-1. The van der Waals surface area contributed by atoms with Gasteiger partial charge in [-0.15, -0.1) is 0 Å². The van der Waals surface area contributed by atoms with Crippen molar-refractivity contribution in [2.75, 3.05) is 0 Å². The van der Waals surface area contributed by atoms with Crippen LogP contribution in [-0.4, -0.2) is 27.6 Å². The fourth-order valence-electron chi connectivity index (χ4n) is 8.13. The molecule has 0 fully saturated rings. The van der Waals surface area contributed by atoms with Crippen LogP contribution in [0.3, 0.4) is 0 Å². The third-order valence-corrected chi connectivity index (χ3v) is 15.3. The van der Waals surface area contributed by atoms with Crippen LogP contribution in [0.4, 0.5) is 0 Å². The van der Waals surface area contributed by atoms with Crippen molar-refractivity contribution in [3.05, 3.63) is 194 Å². The number of fused-ring (bicyclic) bond motifs is 5. The minimum atomic E-state index is -2.66. The highest BCUT2D eigenvalue weighted by Crippen LogP contribution is 2.34. The lowest BCUT2D eigenvalue weighted by Crippen LogP contribution is -2.72. The second kappa shape index (κ2) is 12.3. The molecule has 0 amide bonds. The fraction of sp³-hybridized carbons (Fsp3) is 0. The predicted octanol–water partition coefficient (Wildman–Crippen LogP) is 8.17. The van der Waals surface area contributed by atoms with E-state index in [0.717, 1.165) is 22.4 Å². The largest absolute Gasteiger partial charge is 0.317 e. The zero-order chi connectivity index (χ0) is 34.5. The van der Waals surface area contributed by atoms with Gasteiger partial charge in [0.2, 0.25) is 0 Å². The van der Waals surface area contributed by atoms with Gasteiger partial charge in [0.25, 0.3) is 0 Å². The van der Waals surface area contributed by atoms with Crippen molar-refractivity contribution in [2.45, 2.75) is 0 Å². The lowest BCUT2D eigenvalue weighted by atomic mass is 10.0. The van der Waals surface area contributed by atoms with E-state index >= 15 is 0 Å². The van der Waals surface area contributed by atoms with Crippen LogP contribution in [-0.2, 0) is 0 Å². The van der Waals surface area contributed by atoms with Crippen LogP contribution in [0.1, 0.15) is 0 Å². The van der Waals surface area contributed by atoms with E-state index < -0.39 is 8.07 Å². The molecule has 1 aliphatic heterocycles. The summed E-state index contributed by atoms with van der Waals surface area (Å²) in [6.45, 7) is 0. The van der Waals surface area contributed by atoms with Gasteiger partial charge < -0.3 is 4.57 Å². The molecule has 0 saturated heterocycles. The Morgan fingerprint density at radius 3 is 1.54 bits per heavy atom. The van der Waals surface area contributed by atoms with E-state index in [0.29, 0.717) is 17.5 Å². The van der Waals surface area contributed by atoms with E-state index in [1.54, 1.807) is 0 Å². The molecule has 0 radical (unpaired) electrons. The van der Waals surface area contributed by atoms with E-state index in [4.69, 9.17) is 15.0 Å². The van der Waals surface area contributed by atoms with Crippen molar-refractivity contribution in [2.24, 2.45) is 0 Å². The second-order valence-electron chi connectivity index (χ2n) is 13.2. The average molecular weight is 681 g/mol. The maximum absolute atomic E-state index is 5.01. The van der Waals surface area contributed by atoms with Crippen LogP contribution in [0, 0.1) is 0 Å². The van der Waals surface area contributed by atoms with Gasteiger partial charge in [-0.1, -0.05) is 175 Å². The molecular weight excluding hydrogens is 649 g/mol. The van der Waals surface area contributed by atoms with Crippen molar-refractivity contribution < 1.29 is 0 Å². The molecule has 7 aromatic carbocycles. The van der Waals surface area contributed by atoms with Crippen molar-refractivity contribution in [3.8, 4) is 51.0 Å². The van der Waals surface area contributed by atoms with Crippen LogP contribution >= 0.6 is 0 Å². The molecule has 9 aromatic rings. The number of rotatable bonds is 6. The first-order valence-corrected chi connectivity index (χ1v) is 19.6. The molecule has 4 nitrogen and oxygen atoms in total. The normalized spacial score (nSPS) is 12.8. The van der Waals surface area contributed by atoms with Gasteiger partial charge in [-0.05, 0) is 37.7 Å². The topological polar surface area (TPSA) is 43.6 Å². The number of hydrogen-bond donors (Lipinski definition) is 0. The van der Waals surface area contributed by atoms with Crippen LogP contribution in [0.2, 0.25) is 0 Å². The third kappa shape index (κ3) is 4.71. The minimum absolute atomic E-state index is 0.641. The lowest BCUT2D eigenvalue weighted by molar-refractivity contribution is 1.07. The van der Waals surface area contributed by atoms with E-state index in [-0.39, 0.29) is 0 Å². The summed E-state index contributed by atoms with van der Waals surface area (Å²) in [6, 6.07) is 67.2. The number of nitrogens with zero attached hydrogens (tertiary/aromatic N) is 4. The summed E-state index contributed by atoms with van der Waals surface area (Å²) in [5.41, 5.74) is 7.75. The molecule has 10 rings (SSSR count). The quantitative estimate of drug-likeness (QED) is 0.167. The van der Waals surface area contributed by atoms with Gasteiger partial charge in [0.1, 0.15) is 0 Å². The predicted molar refractivity (Wildman–Crippen MR) is 216 cm³/mol. The summed E-state index contributed by atoms with van der Waals surface area (Å²) in [5, 5.41) is 6.98. The first-order chi connectivity index (χ1) is 25.8. The highest BCUT2D eigenvalue weighted by molar-refractivity contribution is 7.23. The molecule has 0 bridgehead atoms. The number of benzene rings is 7. The van der Waals surface area contributed by atoms with Crippen LogP contribution in [0.15, 0.2) is 194 Å². The Hall–Kier alpha value is -6.69. The van der Waals surface area contributed by atoms with Gasteiger partial charge in [-0.3, -0.25) is 0 Å². The van der Waals surface area contributed by atoms with Gasteiger partial charge in [0, 0.05) is 28.6 Å². The average Bonchev–Trinajstić information content (AvgIpc) is 3.80. The molecule has 3 heterocycles. The minimum Gasteiger partial charge on any atom is -0.317 e. The zero-order valence-electron chi connectivity index (χ0n) is 28.3. The van der Waals surface area contributed by atoms with Crippen LogP contribution in [0.25, 0.3) is 61.9 Å². The molecular formula is C47H32N4Si-. The Balaban J connectivity index is 1.17. The van der Waals surface area contributed by atoms with E-state index in [1.165, 1.54) is 42.8 Å². The molecule has 0 atom stereocenters. The molecule has 0 spiro atoms. The van der Waals surface area contributed by atoms with Gasteiger partial charge in [-0.2, -0.15) is 20.7 Å². The summed E-state index contributed by atoms with van der Waals surface area (Å²) >= 11 is 0. The number of hydrogen-bond acceptors (Lipinski definition) is 3. The van der Waals surface area contributed by atoms with Gasteiger partial charge in [-0.25, -0.2) is 15.0 Å². The van der Waals surface area contributed by atoms with Crippen LogP contribution in [0.5, 0.6) is 0 Å². The van der Waals surface area contributed by atoms with Crippen molar-refractivity contribution in [3.63, 3.8) is 0 Å². The zero-order valence-corrected chi connectivity index (χ0v) is 29.3. The Labute approximate surface area is 303 Å². The Morgan fingerprint density at radius 2 is 0.923 bits per heavy atom. The molecule has 245 valence electrons. The molecule has 5 heteroatoms. The molecule has 0 saturated carbocycles. The molecule has 52 heavy (non-hydrogen) atoms. The van der Waals surface area contributed by atoms with Crippen molar-refractivity contribution in [1.29, 1.82) is 0 Å². The molecule has 2 aromatic heterocycles. The SMILES string of the molecule is c1ccc(-c2nc(-c3ccccc3)nc(-c3cccc(-n4ccc5c6c(ccc54)-c4ccccc4[Si-]6(c4ccccc4)c4ccccc4)c3)n2)cc1. The molecule has 0 aliphatic carbocycles. The first-order valence-electron chi connectivity index (χ1n) is 17.6. The second-order valence-corrected chi connectivity index (χ2v) is 16.9. The highest BCUT2D eigenvalue weighted by Gasteiger charge is 2.37. The van der Waals surface area contributed by atoms with Crippen molar-refractivity contribution in [1.82, 2.24) is 19.5 Å². The summed E-state index contributed by atoms with van der Waals surface area (Å²) in [5.74, 6) is 1.95. The lowest BCUT2D eigenvalue weighted by Gasteiger charge is -2.44. The highest BCUT2D eigenvalue weighted by atomic mass is 28.3. The molecule has 1 aliphatic rings. The monoisotopic (exact) mass is 680 g/mol. The van der Waals surface area contributed by atoms with Gasteiger partial charge in [0.15, 0.2) is 17.5 Å². The summed E-state index contributed by atoms with van der Waals surface area (Å²) in [6.07, 6.45) is 2.22. The summed E-state index contributed by atoms with van der Waals surface area (Å²) in [4.78, 5) is 14.9. The third-order valence-electron chi connectivity index (χ3n) is 10.4. The summed E-state index contributed by atoms with van der Waals surface area (Å²) < 4.78 is 2.31. The fourth-order valence-corrected chi connectivity index (χ4v) is 13.5. The van der Waals surface area contributed by atoms with E-state index in [9.17, 15) is 0 Å². The summed E-state index contributed by atoms with van der Waals surface area (Å²) in [7, 11) is -2.66. The Bertz CT molecular complexity index is 2630. The maximum Gasteiger partial charge on any atom is 0.164 e. The van der Waals surface area contributed by atoms with E-state index in [1.807, 2.05) is 60.7 Å². The van der Waals surface area contributed by atoms with Crippen molar-refractivity contribution >= 4 is 39.7 Å². The van der Waals surface area contributed by atoms with Gasteiger partial charge >= 0.3 is 0 Å². The van der Waals surface area contributed by atoms with E-state index in [2.05, 4.69) is 138 Å². The molecule has 0 N–H and O–H groups in total. The smallest absolute Gasteiger partial charge is 0.164 e. The van der Waals surface area contributed by atoms with Gasteiger partial charge in [0.05, 0.1) is 5.52 Å². The Kier molecular flexibility index (Phi) is 7.11. The number of aromatic nitrogens is 4. The van der Waals surface area contributed by atoms with Crippen LogP contribution < -0.4 is 20.7 Å².